The highest BCUT2D eigenvalue weighted by atomic mass is 79.9. The molecule has 1 aliphatic rings. The summed E-state index contributed by atoms with van der Waals surface area (Å²) in [5.74, 6) is -0.897. The molecule has 4 nitrogen and oxygen atoms in total. The first kappa shape index (κ1) is 18.2. The Bertz CT molecular complexity index is 1000. The summed E-state index contributed by atoms with van der Waals surface area (Å²) < 4.78 is 2.12. The van der Waals surface area contributed by atoms with E-state index < -0.39 is 5.92 Å². The van der Waals surface area contributed by atoms with Gasteiger partial charge in [-0.3, -0.25) is 9.59 Å². The molecule has 2 amide bonds. The number of carbonyl (C=O) groups is 2. The second-order valence-corrected chi connectivity index (χ2v) is 8.35. The normalized spacial score (nSPS) is 16.9. The van der Waals surface area contributed by atoms with Crippen molar-refractivity contribution in [3.8, 4) is 0 Å². The molecule has 4 rings (SSSR count). The highest BCUT2D eigenvalue weighted by Crippen LogP contribution is 2.31. The van der Waals surface area contributed by atoms with Crippen molar-refractivity contribution in [1.29, 1.82) is 0 Å². The third-order valence-electron chi connectivity index (χ3n) is 4.92. The lowest BCUT2D eigenvalue weighted by Crippen LogP contribution is -2.37. The van der Waals surface area contributed by atoms with Gasteiger partial charge in [-0.25, -0.2) is 0 Å². The number of thiophene rings is 1. The molecule has 0 radical (unpaired) electrons. The van der Waals surface area contributed by atoms with Crippen LogP contribution < -0.4 is 10.2 Å². The van der Waals surface area contributed by atoms with Crippen LogP contribution in [0.3, 0.4) is 0 Å². The molecule has 2 heterocycles. The monoisotopic (exact) mass is 442 g/mol. The number of carbonyl (C=O) groups excluding carboxylic acids is 2. The van der Waals surface area contributed by atoms with Crippen molar-refractivity contribution >= 4 is 54.9 Å². The van der Waals surface area contributed by atoms with Crippen LogP contribution in [0.1, 0.15) is 12.0 Å². The molecule has 3 aromatic rings. The molecule has 0 bridgehead atoms. The van der Waals surface area contributed by atoms with Gasteiger partial charge in [0.05, 0.1) is 5.69 Å². The summed E-state index contributed by atoms with van der Waals surface area (Å²) in [6, 6.07) is 15.9. The number of nitrogens with one attached hydrogen (secondary N) is 1. The second kappa shape index (κ2) is 7.82. The van der Waals surface area contributed by atoms with E-state index in [1.807, 2.05) is 36.4 Å². The first-order valence-corrected chi connectivity index (χ1v) is 10.6. The fourth-order valence-electron chi connectivity index (χ4n) is 3.50. The lowest BCUT2D eigenvalue weighted by molar-refractivity contribution is -0.132. The van der Waals surface area contributed by atoms with Crippen LogP contribution in [-0.2, 0) is 16.0 Å². The second-order valence-electron chi connectivity index (χ2n) is 6.58. The first-order chi connectivity index (χ1) is 13.1. The number of hydrogen-bond donors (Lipinski definition) is 1. The SMILES string of the molecule is O=C(NCCc1csc2ccccc12)C1CCN(c2ccccc2Br)C1=O. The predicted molar refractivity (Wildman–Crippen MR) is 113 cm³/mol. The number of amides is 2. The molecule has 1 aliphatic heterocycles. The average molecular weight is 443 g/mol. The Labute approximate surface area is 170 Å². The molecule has 0 spiro atoms. The summed E-state index contributed by atoms with van der Waals surface area (Å²) in [5.41, 5.74) is 2.06. The molecule has 1 saturated heterocycles. The van der Waals surface area contributed by atoms with Crippen molar-refractivity contribution in [1.82, 2.24) is 5.32 Å². The molecular formula is C21H19BrN2O2S. The molecule has 1 fully saturated rings. The third-order valence-corrected chi connectivity index (χ3v) is 6.60. The van der Waals surface area contributed by atoms with Gasteiger partial charge in [-0.05, 0) is 63.3 Å². The minimum absolute atomic E-state index is 0.125. The van der Waals surface area contributed by atoms with Crippen LogP contribution in [0.25, 0.3) is 10.1 Å². The molecule has 0 aliphatic carbocycles. The molecule has 138 valence electrons. The van der Waals surface area contributed by atoms with Crippen molar-refractivity contribution in [2.24, 2.45) is 5.92 Å². The van der Waals surface area contributed by atoms with Crippen molar-refractivity contribution in [2.45, 2.75) is 12.8 Å². The molecule has 27 heavy (non-hydrogen) atoms. The summed E-state index contributed by atoms with van der Waals surface area (Å²) in [7, 11) is 0. The van der Waals surface area contributed by atoms with Gasteiger partial charge in [-0.2, -0.15) is 0 Å². The highest BCUT2D eigenvalue weighted by molar-refractivity contribution is 9.10. The summed E-state index contributed by atoms with van der Waals surface area (Å²) in [6.45, 7) is 1.10. The van der Waals surface area contributed by atoms with Gasteiger partial charge in [-0.1, -0.05) is 30.3 Å². The van der Waals surface area contributed by atoms with E-state index >= 15 is 0 Å². The summed E-state index contributed by atoms with van der Waals surface area (Å²) in [4.78, 5) is 26.9. The molecule has 1 N–H and O–H groups in total. The van der Waals surface area contributed by atoms with Crippen molar-refractivity contribution in [2.75, 3.05) is 18.0 Å². The zero-order valence-electron chi connectivity index (χ0n) is 14.7. The molecule has 6 heteroatoms. The van der Waals surface area contributed by atoms with Gasteiger partial charge in [0.25, 0.3) is 0 Å². The van der Waals surface area contributed by atoms with E-state index in [0.29, 0.717) is 19.5 Å². The van der Waals surface area contributed by atoms with Crippen molar-refractivity contribution in [3.05, 3.63) is 63.9 Å². The van der Waals surface area contributed by atoms with E-state index in [9.17, 15) is 9.59 Å². The van der Waals surface area contributed by atoms with Crippen LogP contribution in [0.2, 0.25) is 0 Å². The van der Waals surface area contributed by atoms with Gasteiger partial charge in [-0.15, -0.1) is 11.3 Å². The molecule has 0 saturated carbocycles. The van der Waals surface area contributed by atoms with Crippen molar-refractivity contribution < 1.29 is 9.59 Å². The van der Waals surface area contributed by atoms with E-state index in [4.69, 9.17) is 0 Å². The minimum atomic E-state index is -0.601. The number of para-hydroxylation sites is 1. The molecule has 1 aromatic heterocycles. The first-order valence-electron chi connectivity index (χ1n) is 8.94. The number of halogens is 1. The Kier molecular flexibility index (Phi) is 5.27. The Balaban J connectivity index is 1.36. The summed E-state index contributed by atoms with van der Waals surface area (Å²) >= 11 is 5.20. The van der Waals surface area contributed by atoms with Crippen LogP contribution in [0.15, 0.2) is 58.4 Å². The van der Waals surface area contributed by atoms with Crippen LogP contribution in [0, 0.1) is 5.92 Å². The topological polar surface area (TPSA) is 49.4 Å². The van der Waals surface area contributed by atoms with Crippen LogP contribution in [0.4, 0.5) is 5.69 Å². The van der Waals surface area contributed by atoms with Gasteiger partial charge in [0.15, 0.2) is 0 Å². The number of nitrogens with zero attached hydrogens (tertiary/aromatic N) is 1. The largest absolute Gasteiger partial charge is 0.355 e. The van der Waals surface area contributed by atoms with Gasteiger partial charge >= 0.3 is 0 Å². The zero-order valence-corrected chi connectivity index (χ0v) is 17.1. The molecular weight excluding hydrogens is 424 g/mol. The van der Waals surface area contributed by atoms with E-state index in [0.717, 1.165) is 16.6 Å². The quantitative estimate of drug-likeness (QED) is 0.596. The Hall–Kier alpha value is -2.18. The van der Waals surface area contributed by atoms with E-state index in [2.05, 4.69) is 38.8 Å². The summed E-state index contributed by atoms with van der Waals surface area (Å²) in [6.07, 6.45) is 1.32. The number of benzene rings is 2. The van der Waals surface area contributed by atoms with E-state index in [-0.39, 0.29) is 11.8 Å². The van der Waals surface area contributed by atoms with Gasteiger partial charge in [0.1, 0.15) is 5.92 Å². The fraction of sp³-hybridized carbons (Fsp3) is 0.238. The van der Waals surface area contributed by atoms with Crippen LogP contribution in [-0.4, -0.2) is 24.9 Å². The maximum atomic E-state index is 12.7. The van der Waals surface area contributed by atoms with Gasteiger partial charge in [0, 0.05) is 22.3 Å². The molecule has 1 unspecified atom stereocenters. The Morgan fingerprint density at radius 2 is 1.96 bits per heavy atom. The fourth-order valence-corrected chi connectivity index (χ4v) is 5.00. The lowest BCUT2D eigenvalue weighted by atomic mass is 10.1. The maximum absolute atomic E-state index is 12.7. The zero-order chi connectivity index (χ0) is 18.8. The number of anilines is 1. The number of fused-ring (bicyclic) bond motifs is 1. The van der Waals surface area contributed by atoms with Crippen LogP contribution >= 0.6 is 27.3 Å². The smallest absolute Gasteiger partial charge is 0.239 e. The van der Waals surface area contributed by atoms with Crippen LogP contribution in [0.5, 0.6) is 0 Å². The standard InChI is InChI=1S/C21H19BrN2O2S/c22-17-6-2-3-7-18(17)24-12-10-16(21(24)26)20(25)23-11-9-14-13-27-19-8-4-1-5-15(14)19/h1-8,13,16H,9-12H2,(H,23,25). The van der Waals surface area contributed by atoms with E-state index in [1.165, 1.54) is 15.6 Å². The van der Waals surface area contributed by atoms with Gasteiger partial charge in [0.2, 0.25) is 11.8 Å². The molecule has 1 atom stereocenters. The number of hydrogen-bond acceptors (Lipinski definition) is 3. The third kappa shape index (κ3) is 3.64. The predicted octanol–water partition coefficient (Wildman–Crippen LogP) is 4.38. The average Bonchev–Trinajstić information content (AvgIpc) is 3.26. The summed E-state index contributed by atoms with van der Waals surface area (Å²) in [5, 5.41) is 6.34. The number of rotatable bonds is 5. The maximum Gasteiger partial charge on any atom is 0.239 e. The Morgan fingerprint density at radius 1 is 1.19 bits per heavy atom. The van der Waals surface area contributed by atoms with Crippen molar-refractivity contribution in [3.63, 3.8) is 0 Å². The lowest BCUT2D eigenvalue weighted by Gasteiger charge is -2.18. The van der Waals surface area contributed by atoms with E-state index in [1.54, 1.807) is 16.2 Å². The van der Waals surface area contributed by atoms with Gasteiger partial charge < -0.3 is 10.2 Å². The Morgan fingerprint density at radius 3 is 2.81 bits per heavy atom. The minimum Gasteiger partial charge on any atom is -0.355 e. The highest BCUT2D eigenvalue weighted by Gasteiger charge is 2.37. The molecule has 2 aromatic carbocycles.